The van der Waals surface area contributed by atoms with Crippen molar-refractivity contribution in [1.29, 1.82) is 0 Å². The molecule has 1 atom stereocenters. The number of rotatable bonds is 2. The predicted octanol–water partition coefficient (Wildman–Crippen LogP) is 2.08. The van der Waals surface area contributed by atoms with E-state index in [1.165, 1.54) is 25.1 Å². The third-order valence-corrected chi connectivity index (χ3v) is 3.57. The molecule has 0 N–H and O–H groups in total. The van der Waals surface area contributed by atoms with Crippen LogP contribution in [0.2, 0.25) is 0 Å². The number of pyridine rings is 1. The Morgan fingerprint density at radius 2 is 2.28 bits per heavy atom. The summed E-state index contributed by atoms with van der Waals surface area (Å²) in [6.07, 6.45) is 8.00. The lowest BCUT2D eigenvalue weighted by atomic mass is 9.95. The quantitative estimate of drug-likeness (QED) is 0.808. The molecule has 2 aromatic rings. The zero-order valence-corrected chi connectivity index (χ0v) is 10.7. The van der Waals surface area contributed by atoms with Crippen molar-refractivity contribution in [3.63, 3.8) is 0 Å². The van der Waals surface area contributed by atoms with Crippen molar-refractivity contribution >= 4 is 0 Å². The average molecular weight is 242 g/mol. The lowest BCUT2D eigenvalue weighted by molar-refractivity contribution is 0.248. The van der Waals surface area contributed by atoms with Crippen LogP contribution in [0.5, 0.6) is 0 Å². The van der Waals surface area contributed by atoms with E-state index in [9.17, 15) is 0 Å². The van der Waals surface area contributed by atoms with Crippen molar-refractivity contribution in [3.05, 3.63) is 42.6 Å². The first-order valence-electron chi connectivity index (χ1n) is 6.47. The van der Waals surface area contributed by atoms with Crippen LogP contribution in [0.1, 0.15) is 24.5 Å². The molecule has 0 aromatic carbocycles. The van der Waals surface area contributed by atoms with Gasteiger partial charge in [0.15, 0.2) is 0 Å². The Balaban J connectivity index is 1.86. The first-order valence-corrected chi connectivity index (χ1v) is 6.47. The van der Waals surface area contributed by atoms with Crippen molar-refractivity contribution in [3.8, 4) is 5.82 Å². The van der Waals surface area contributed by atoms with Gasteiger partial charge in [-0.3, -0.25) is 4.57 Å². The normalized spacial score (nSPS) is 21.1. The minimum absolute atomic E-state index is 0.562. The summed E-state index contributed by atoms with van der Waals surface area (Å²) in [5, 5.41) is 0. The van der Waals surface area contributed by atoms with Crippen LogP contribution in [0, 0.1) is 0 Å². The standard InChI is InChI=1S/C14H18N4/c1-17-8-3-4-12(10-17)13-5-2-6-14(16-13)18-9-7-15-11-18/h2,5-7,9,11-12H,3-4,8,10H2,1H3/t12-/m0/s1. The van der Waals surface area contributed by atoms with E-state index in [0.717, 1.165) is 12.4 Å². The summed E-state index contributed by atoms with van der Waals surface area (Å²) in [6.45, 7) is 2.32. The maximum atomic E-state index is 4.77. The largest absolute Gasteiger partial charge is 0.306 e. The van der Waals surface area contributed by atoms with Crippen molar-refractivity contribution in [2.24, 2.45) is 0 Å². The maximum absolute atomic E-state index is 4.77. The lowest BCUT2D eigenvalue weighted by Gasteiger charge is -2.29. The molecule has 0 bridgehead atoms. The molecule has 1 fully saturated rings. The number of nitrogens with zero attached hydrogens (tertiary/aromatic N) is 4. The fraction of sp³-hybridized carbons (Fsp3) is 0.429. The highest BCUT2D eigenvalue weighted by Crippen LogP contribution is 2.25. The summed E-state index contributed by atoms with van der Waals surface area (Å²) < 4.78 is 1.95. The molecular weight excluding hydrogens is 224 g/mol. The summed E-state index contributed by atoms with van der Waals surface area (Å²) in [4.78, 5) is 11.2. The molecule has 1 aliphatic rings. The maximum Gasteiger partial charge on any atom is 0.138 e. The predicted molar refractivity (Wildman–Crippen MR) is 70.8 cm³/mol. The molecule has 4 heteroatoms. The summed E-state index contributed by atoms with van der Waals surface area (Å²) in [5.41, 5.74) is 1.20. The zero-order valence-electron chi connectivity index (χ0n) is 10.7. The molecule has 94 valence electrons. The van der Waals surface area contributed by atoms with Crippen LogP contribution in [0.25, 0.3) is 5.82 Å². The topological polar surface area (TPSA) is 34.0 Å². The van der Waals surface area contributed by atoms with Gasteiger partial charge in [0.2, 0.25) is 0 Å². The van der Waals surface area contributed by atoms with Crippen LogP contribution in [0.4, 0.5) is 0 Å². The SMILES string of the molecule is CN1CCC[C@H](c2cccc(-n3ccnc3)n2)C1. The first-order chi connectivity index (χ1) is 8.83. The fourth-order valence-electron chi connectivity index (χ4n) is 2.61. The average Bonchev–Trinajstić information content (AvgIpc) is 2.93. The monoisotopic (exact) mass is 242 g/mol. The number of likely N-dealkylation sites (tertiary alicyclic amines) is 1. The fourth-order valence-corrected chi connectivity index (χ4v) is 2.61. The van der Waals surface area contributed by atoms with E-state index in [4.69, 9.17) is 4.98 Å². The molecule has 0 unspecified atom stereocenters. The molecule has 1 aliphatic heterocycles. The third-order valence-electron chi connectivity index (χ3n) is 3.57. The molecule has 3 heterocycles. The van der Waals surface area contributed by atoms with Crippen molar-refractivity contribution < 1.29 is 0 Å². The number of aromatic nitrogens is 3. The van der Waals surface area contributed by atoms with Gasteiger partial charge in [0.1, 0.15) is 12.1 Å². The van der Waals surface area contributed by atoms with Gasteiger partial charge in [-0.25, -0.2) is 9.97 Å². The lowest BCUT2D eigenvalue weighted by Crippen LogP contribution is -2.31. The molecule has 0 saturated carbocycles. The summed E-state index contributed by atoms with van der Waals surface area (Å²) in [7, 11) is 2.19. The highest BCUT2D eigenvalue weighted by atomic mass is 15.1. The Hall–Kier alpha value is -1.68. The van der Waals surface area contributed by atoms with Crippen molar-refractivity contribution in [2.45, 2.75) is 18.8 Å². The summed E-state index contributed by atoms with van der Waals surface area (Å²) >= 11 is 0. The molecule has 0 aliphatic carbocycles. The smallest absolute Gasteiger partial charge is 0.138 e. The second-order valence-electron chi connectivity index (χ2n) is 4.99. The van der Waals surface area contributed by atoms with Crippen molar-refractivity contribution in [2.75, 3.05) is 20.1 Å². The van der Waals surface area contributed by atoms with E-state index in [1.807, 2.05) is 16.8 Å². The van der Waals surface area contributed by atoms with Crippen LogP contribution in [-0.4, -0.2) is 39.6 Å². The van der Waals surface area contributed by atoms with Gasteiger partial charge in [-0.15, -0.1) is 0 Å². The minimum Gasteiger partial charge on any atom is -0.306 e. The Morgan fingerprint density at radius 1 is 1.33 bits per heavy atom. The molecule has 0 radical (unpaired) electrons. The second kappa shape index (κ2) is 4.90. The summed E-state index contributed by atoms with van der Waals surface area (Å²) in [5.74, 6) is 1.52. The molecule has 1 saturated heterocycles. The van der Waals surface area contributed by atoms with Crippen molar-refractivity contribution in [1.82, 2.24) is 19.4 Å². The van der Waals surface area contributed by atoms with E-state index < -0.39 is 0 Å². The van der Waals surface area contributed by atoms with Gasteiger partial charge in [-0.2, -0.15) is 0 Å². The number of likely N-dealkylation sites (N-methyl/N-ethyl adjacent to an activating group) is 1. The Labute approximate surface area is 107 Å². The molecule has 2 aromatic heterocycles. The summed E-state index contributed by atoms with van der Waals surface area (Å²) in [6, 6.07) is 6.26. The zero-order chi connectivity index (χ0) is 12.4. The van der Waals surface area contributed by atoms with E-state index in [1.54, 1.807) is 12.5 Å². The van der Waals surface area contributed by atoms with E-state index in [-0.39, 0.29) is 0 Å². The Morgan fingerprint density at radius 3 is 3.06 bits per heavy atom. The van der Waals surface area contributed by atoms with Crippen LogP contribution in [0.15, 0.2) is 36.9 Å². The van der Waals surface area contributed by atoms with Gasteiger partial charge in [-0.05, 0) is 38.6 Å². The first kappa shape index (κ1) is 11.4. The van der Waals surface area contributed by atoms with E-state index >= 15 is 0 Å². The molecule has 0 spiro atoms. The van der Waals surface area contributed by atoms with Gasteiger partial charge in [0.05, 0.1) is 0 Å². The van der Waals surface area contributed by atoms with Gasteiger partial charge >= 0.3 is 0 Å². The van der Waals surface area contributed by atoms with Gasteiger partial charge in [0, 0.05) is 30.6 Å². The van der Waals surface area contributed by atoms with E-state index in [0.29, 0.717) is 5.92 Å². The molecule has 0 amide bonds. The van der Waals surface area contributed by atoms with Crippen LogP contribution in [-0.2, 0) is 0 Å². The van der Waals surface area contributed by atoms with Gasteiger partial charge in [-0.1, -0.05) is 6.07 Å². The van der Waals surface area contributed by atoms with Crippen LogP contribution >= 0.6 is 0 Å². The Bertz CT molecular complexity index is 506. The number of piperidine rings is 1. The van der Waals surface area contributed by atoms with E-state index in [2.05, 4.69) is 29.1 Å². The van der Waals surface area contributed by atoms with Crippen LogP contribution < -0.4 is 0 Å². The van der Waals surface area contributed by atoms with Gasteiger partial charge < -0.3 is 4.90 Å². The number of hydrogen-bond donors (Lipinski definition) is 0. The highest BCUT2D eigenvalue weighted by Gasteiger charge is 2.20. The molecule has 18 heavy (non-hydrogen) atoms. The Kier molecular flexibility index (Phi) is 3.11. The highest BCUT2D eigenvalue weighted by molar-refractivity contribution is 5.26. The molecular formula is C14H18N4. The van der Waals surface area contributed by atoms with Crippen LogP contribution in [0.3, 0.4) is 0 Å². The second-order valence-corrected chi connectivity index (χ2v) is 4.99. The number of hydrogen-bond acceptors (Lipinski definition) is 3. The third kappa shape index (κ3) is 2.29. The van der Waals surface area contributed by atoms with Gasteiger partial charge in [0.25, 0.3) is 0 Å². The minimum atomic E-state index is 0.562. The molecule has 3 rings (SSSR count). The molecule has 4 nitrogen and oxygen atoms in total. The number of imidazole rings is 1.